The molecule has 0 radical (unpaired) electrons. The van der Waals surface area contributed by atoms with E-state index >= 15 is 0 Å². The van der Waals surface area contributed by atoms with Crippen molar-refractivity contribution in [3.8, 4) is 0 Å². The standard InChI is InChI=1S/C12H11ClO4S2/c1-7-9-6-8(13)2-3-10(9)18-12(7)19(16,17)5-4-11(14)15/h2-3,6H,4-5H2,1H3,(H,14,15). The van der Waals surface area contributed by atoms with E-state index in [1.54, 1.807) is 25.1 Å². The minimum Gasteiger partial charge on any atom is -0.481 e. The van der Waals surface area contributed by atoms with Gasteiger partial charge in [-0.2, -0.15) is 0 Å². The van der Waals surface area contributed by atoms with E-state index in [1.165, 1.54) is 0 Å². The lowest BCUT2D eigenvalue weighted by Crippen LogP contribution is -2.10. The zero-order valence-electron chi connectivity index (χ0n) is 10.0. The third-order valence-electron chi connectivity index (χ3n) is 2.72. The minimum absolute atomic E-state index is 0.228. The smallest absolute Gasteiger partial charge is 0.304 e. The molecule has 0 aliphatic rings. The van der Waals surface area contributed by atoms with Crippen LogP contribution in [-0.2, 0) is 14.6 Å². The summed E-state index contributed by atoms with van der Waals surface area (Å²) in [5.41, 5.74) is 0.632. The molecule has 2 aromatic rings. The molecule has 0 bridgehead atoms. The molecule has 1 aromatic heterocycles. The molecule has 7 heteroatoms. The van der Waals surface area contributed by atoms with Gasteiger partial charge < -0.3 is 5.11 Å². The van der Waals surface area contributed by atoms with Crippen molar-refractivity contribution in [1.82, 2.24) is 0 Å². The fourth-order valence-corrected chi connectivity index (χ4v) is 5.11. The van der Waals surface area contributed by atoms with Gasteiger partial charge in [-0.05, 0) is 36.1 Å². The van der Waals surface area contributed by atoms with E-state index in [2.05, 4.69) is 0 Å². The Morgan fingerprint density at radius 1 is 1.42 bits per heavy atom. The Balaban J connectivity index is 2.51. The first-order valence-electron chi connectivity index (χ1n) is 5.44. The van der Waals surface area contributed by atoms with Crippen molar-refractivity contribution in [1.29, 1.82) is 0 Å². The van der Waals surface area contributed by atoms with E-state index in [0.717, 1.165) is 21.4 Å². The summed E-state index contributed by atoms with van der Waals surface area (Å²) in [6.45, 7) is 1.71. The molecule has 102 valence electrons. The van der Waals surface area contributed by atoms with Crippen LogP contribution in [0.15, 0.2) is 22.4 Å². The van der Waals surface area contributed by atoms with Gasteiger partial charge in [0.05, 0.1) is 12.2 Å². The molecule has 2 rings (SSSR count). The van der Waals surface area contributed by atoms with E-state index in [1.807, 2.05) is 0 Å². The highest BCUT2D eigenvalue weighted by atomic mass is 35.5. The molecular formula is C12H11ClO4S2. The lowest BCUT2D eigenvalue weighted by Gasteiger charge is -2.01. The summed E-state index contributed by atoms with van der Waals surface area (Å²) in [5, 5.41) is 9.93. The number of carboxylic acids is 1. The number of aliphatic carboxylic acids is 1. The van der Waals surface area contributed by atoms with E-state index in [4.69, 9.17) is 16.7 Å². The summed E-state index contributed by atoms with van der Waals surface area (Å²) in [6.07, 6.45) is -0.392. The first-order chi connectivity index (χ1) is 8.81. The molecule has 1 heterocycles. The first-order valence-corrected chi connectivity index (χ1v) is 8.29. The number of aryl methyl sites for hydroxylation is 1. The molecule has 1 aromatic carbocycles. The number of hydrogen-bond acceptors (Lipinski definition) is 4. The van der Waals surface area contributed by atoms with Gasteiger partial charge in [0.2, 0.25) is 0 Å². The van der Waals surface area contributed by atoms with Gasteiger partial charge in [-0.3, -0.25) is 4.79 Å². The van der Waals surface area contributed by atoms with Crippen molar-refractivity contribution in [2.75, 3.05) is 5.75 Å². The summed E-state index contributed by atoms with van der Waals surface area (Å²) in [6, 6.07) is 5.19. The van der Waals surface area contributed by atoms with E-state index in [9.17, 15) is 13.2 Å². The van der Waals surface area contributed by atoms with Crippen LogP contribution in [0.25, 0.3) is 10.1 Å². The molecule has 0 spiro atoms. The van der Waals surface area contributed by atoms with Crippen LogP contribution >= 0.6 is 22.9 Å². The van der Waals surface area contributed by atoms with Crippen LogP contribution in [0.4, 0.5) is 0 Å². The molecule has 0 fully saturated rings. The number of rotatable bonds is 4. The normalized spacial score (nSPS) is 11.9. The first kappa shape index (κ1) is 14.3. The van der Waals surface area contributed by atoms with Gasteiger partial charge in [-0.15, -0.1) is 11.3 Å². The Morgan fingerprint density at radius 3 is 2.74 bits per heavy atom. The highest BCUT2D eigenvalue weighted by Crippen LogP contribution is 2.36. The van der Waals surface area contributed by atoms with E-state index < -0.39 is 22.2 Å². The largest absolute Gasteiger partial charge is 0.481 e. The fourth-order valence-electron chi connectivity index (χ4n) is 1.78. The number of thiophene rings is 1. The number of benzene rings is 1. The van der Waals surface area contributed by atoms with Crippen LogP contribution < -0.4 is 0 Å². The maximum Gasteiger partial charge on any atom is 0.304 e. The second-order valence-corrected chi connectivity index (χ2v) is 7.91. The Bertz CT molecular complexity index is 746. The second-order valence-electron chi connectivity index (χ2n) is 4.12. The number of halogens is 1. The lowest BCUT2D eigenvalue weighted by molar-refractivity contribution is -0.136. The maximum absolute atomic E-state index is 12.1. The van der Waals surface area contributed by atoms with Gasteiger partial charge in [0.25, 0.3) is 0 Å². The van der Waals surface area contributed by atoms with E-state index in [0.29, 0.717) is 10.6 Å². The quantitative estimate of drug-likeness (QED) is 0.940. The maximum atomic E-state index is 12.1. The van der Waals surface area contributed by atoms with Crippen LogP contribution in [0.2, 0.25) is 5.02 Å². The van der Waals surface area contributed by atoms with Gasteiger partial charge >= 0.3 is 5.97 Å². The van der Waals surface area contributed by atoms with Gasteiger partial charge in [-0.1, -0.05) is 11.6 Å². The zero-order valence-corrected chi connectivity index (χ0v) is 12.4. The van der Waals surface area contributed by atoms with Crippen molar-refractivity contribution in [2.45, 2.75) is 17.6 Å². The Kier molecular flexibility index (Phi) is 3.85. The molecule has 0 unspecified atom stereocenters. The predicted octanol–water partition coefficient (Wildman–Crippen LogP) is 3.11. The van der Waals surface area contributed by atoms with Crippen LogP contribution in [0.5, 0.6) is 0 Å². The Labute approximate surface area is 119 Å². The van der Waals surface area contributed by atoms with E-state index in [-0.39, 0.29) is 9.96 Å². The summed E-state index contributed by atoms with van der Waals surface area (Å²) in [7, 11) is -3.57. The van der Waals surface area contributed by atoms with Crippen LogP contribution in [0.3, 0.4) is 0 Å². The fraction of sp³-hybridized carbons (Fsp3) is 0.250. The van der Waals surface area contributed by atoms with Crippen molar-refractivity contribution < 1.29 is 18.3 Å². The molecule has 1 N–H and O–H groups in total. The molecule has 0 atom stereocenters. The van der Waals surface area contributed by atoms with Crippen molar-refractivity contribution >= 4 is 48.8 Å². The predicted molar refractivity (Wildman–Crippen MR) is 75.9 cm³/mol. The average molecular weight is 319 g/mol. The number of carboxylic acid groups (broad SMARTS) is 1. The molecule has 0 saturated carbocycles. The summed E-state index contributed by atoms with van der Waals surface area (Å²) >= 11 is 7.05. The molecular weight excluding hydrogens is 308 g/mol. The van der Waals surface area contributed by atoms with Crippen LogP contribution in [-0.4, -0.2) is 25.2 Å². The van der Waals surface area contributed by atoms with Gasteiger partial charge in [0.1, 0.15) is 4.21 Å². The van der Waals surface area contributed by atoms with Crippen molar-refractivity contribution in [3.05, 3.63) is 28.8 Å². The number of carbonyl (C=O) groups is 1. The number of fused-ring (bicyclic) bond motifs is 1. The minimum atomic E-state index is -3.57. The number of sulfone groups is 1. The molecule has 0 saturated heterocycles. The van der Waals surface area contributed by atoms with Crippen LogP contribution in [0.1, 0.15) is 12.0 Å². The van der Waals surface area contributed by atoms with Crippen LogP contribution in [0, 0.1) is 6.92 Å². The average Bonchev–Trinajstić information content (AvgIpc) is 2.65. The summed E-state index contributed by atoms with van der Waals surface area (Å²) < 4.78 is 25.3. The van der Waals surface area contributed by atoms with Crippen molar-refractivity contribution in [2.24, 2.45) is 0 Å². The SMILES string of the molecule is Cc1c(S(=O)(=O)CCC(=O)O)sc2ccc(Cl)cc12. The number of hydrogen-bond donors (Lipinski definition) is 1. The van der Waals surface area contributed by atoms with Gasteiger partial charge in [0, 0.05) is 9.72 Å². The molecule has 0 aliphatic carbocycles. The van der Waals surface area contributed by atoms with Gasteiger partial charge in [-0.25, -0.2) is 8.42 Å². The monoisotopic (exact) mass is 318 g/mol. The highest BCUT2D eigenvalue weighted by molar-refractivity contribution is 7.93. The molecule has 4 nitrogen and oxygen atoms in total. The Morgan fingerprint density at radius 2 is 2.11 bits per heavy atom. The molecule has 19 heavy (non-hydrogen) atoms. The zero-order chi connectivity index (χ0) is 14.2. The Hall–Kier alpha value is -1.11. The van der Waals surface area contributed by atoms with Crippen molar-refractivity contribution in [3.63, 3.8) is 0 Å². The highest BCUT2D eigenvalue weighted by Gasteiger charge is 2.22. The third kappa shape index (κ3) is 2.91. The second kappa shape index (κ2) is 5.11. The summed E-state index contributed by atoms with van der Waals surface area (Å²) in [4.78, 5) is 10.5. The third-order valence-corrected chi connectivity index (χ3v) is 6.65. The topological polar surface area (TPSA) is 71.4 Å². The lowest BCUT2D eigenvalue weighted by atomic mass is 10.2. The van der Waals surface area contributed by atoms with Gasteiger partial charge in [0.15, 0.2) is 9.84 Å². The molecule has 0 amide bonds. The molecule has 0 aliphatic heterocycles. The summed E-state index contributed by atoms with van der Waals surface area (Å²) in [5.74, 6) is -1.51.